The molecule has 1 saturated heterocycles. The highest BCUT2D eigenvalue weighted by Crippen LogP contribution is 2.22. The predicted octanol–water partition coefficient (Wildman–Crippen LogP) is 2.32. The molecule has 2 rings (SSSR count). The summed E-state index contributed by atoms with van der Waals surface area (Å²) in [6.45, 7) is 2.25. The summed E-state index contributed by atoms with van der Waals surface area (Å²) in [6, 6.07) is 3.29. The van der Waals surface area contributed by atoms with Gasteiger partial charge in [0.15, 0.2) is 0 Å². The molecule has 5 heteroatoms. The number of carbonyl (C=O) groups is 2. The van der Waals surface area contributed by atoms with E-state index in [0.717, 1.165) is 12.8 Å². The average molecular weight is 267 g/mol. The maximum Gasteiger partial charge on any atom is 0.272 e. The summed E-state index contributed by atoms with van der Waals surface area (Å²) in [6.07, 6.45) is 3.72. The first kappa shape index (κ1) is 13.0. The molecule has 0 radical (unpaired) electrons. The van der Waals surface area contributed by atoms with E-state index in [2.05, 4.69) is 4.98 Å². The molecule has 4 nitrogen and oxygen atoms in total. The second kappa shape index (κ2) is 5.48. The molecule has 1 aromatic heterocycles. The van der Waals surface area contributed by atoms with Gasteiger partial charge in [-0.15, -0.1) is 0 Å². The highest BCUT2D eigenvalue weighted by Gasteiger charge is 2.30. The summed E-state index contributed by atoms with van der Waals surface area (Å²) < 4.78 is 0. The highest BCUT2D eigenvalue weighted by molar-refractivity contribution is 6.30. The Balaban J connectivity index is 2.12. The fourth-order valence-electron chi connectivity index (χ4n) is 2.30. The van der Waals surface area contributed by atoms with Crippen LogP contribution in [0.15, 0.2) is 18.3 Å². The molecule has 0 N–H and O–H groups in total. The summed E-state index contributed by atoms with van der Waals surface area (Å²) in [5.74, 6) is -0.000757. The summed E-state index contributed by atoms with van der Waals surface area (Å²) in [5.41, 5.74) is 0.384. The van der Waals surface area contributed by atoms with Crippen LogP contribution in [0.3, 0.4) is 0 Å². The van der Waals surface area contributed by atoms with Crippen molar-refractivity contribution >= 4 is 23.3 Å². The Kier molecular flexibility index (Phi) is 3.97. The maximum absolute atomic E-state index is 12.3. The zero-order valence-corrected chi connectivity index (χ0v) is 11.0. The van der Waals surface area contributed by atoms with E-state index >= 15 is 0 Å². The first-order valence-electron chi connectivity index (χ1n) is 6.00. The van der Waals surface area contributed by atoms with Gasteiger partial charge in [0.1, 0.15) is 11.5 Å². The van der Waals surface area contributed by atoms with Gasteiger partial charge in [0.2, 0.25) is 0 Å². The van der Waals surface area contributed by atoms with E-state index in [1.807, 2.05) is 0 Å². The number of carbonyl (C=O) groups excluding carboxylic acids is 2. The molecule has 1 aromatic rings. The summed E-state index contributed by atoms with van der Waals surface area (Å²) in [7, 11) is 0. The van der Waals surface area contributed by atoms with Crippen molar-refractivity contribution in [2.45, 2.75) is 32.2 Å². The minimum atomic E-state index is -0.115. The monoisotopic (exact) mass is 266 g/mol. The Bertz CT molecular complexity index is 459. The number of rotatable bonds is 3. The quantitative estimate of drug-likeness (QED) is 0.844. The topological polar surface area (TPSA) is 50.3 Å². The van der Waals surface area contributed by atoms with Gasteiger partial charge in [-0.25, -0.2) is 4.98 Å². The predicted molar refractivity (Wildman–Crippen MR) is 68.6 cm³/mol. The summed E-state index contributed by atoms with van der Waals surface area (Å²) in [5, 5.41) is 0.508. The molecule has 1 aliphatic rings. The number of aromatic nitrogens is 1. The van der Waals surface area contributed by atoms with Gasteiger partial charge in [-0.05, 0) is 31.9 Å². The lowest BCUT2D eigenvalue weighted by atomic mass is 10.1. The van der Waals surface area contributed by atoms with Crippen molar-refractivity contribution in [3.8, 4) is 0 Å². The van der Waals surface area contributed by atoms with Crippen LogP contribution in [0.1, 0.15) is 36.7 Å². The number of hydrogen-bond donors (Lipinski definition) is 0. The lowest BCUT2D eigenvalue weighted by Gasteiger charge is -2.23. The van der Waals surface area contributed by atoms with E-state index in [-0.39, 0.29) is 17.7 Å². The lowest BCUT2D eigenvalue weighted by molar-refractivity contribution is -0.117. The van der Waals surface area contributed by atoms with Crippen LogP contribution in [0, 0.1) is 0 Å². The molecule has 1 fully saturated rings. The minimum Gasteiger partial charge on any atom is -0.334 e. The van der Waals surface area contributed by atoms with Crippen molar-refractivity contribution in [3.63, 3.8) is 0 Å². The number of ketones is 1. The van der Waals surface area contributed by atoms with Crippen molar-refractivity contribution in [3.05, 3.63) is 29.0 Å². The average Bonchev–Trinajstić information content (AvgIpc) is 2.76. The number of amides is 1. The van der Waals surface area contributed by atoms with Crippen LogP contribution in [0.4, 0.5) is 0 Å². The Morgan fingerprint density at radius 2 is 2.28 bits per heavy atom. The van der Waals surface area contributed by atoms with Crippen LogP contribution in [-0.2, 0) is 4.79 Å². The molecular weight excluding hydrogens is 252 g/mol. The van der Waals surface area contributed by atoms with E-state index in [1.54, 1.807) is 24.0 Å². The van der Waals surface area contributed by atoms with Gasteiger partial charge in [-0.2, -0.15) is 0 Å². The van der Waals surface area contributed by atoms with E-state index in [4.69, 9.17) is 11.6 Å². The smallest absolute Gasteiger partial charge is 0.272 e. The third-order valence-electron chi connectivity index (χ3n) is 3.11. The second-order valence-corrected chi connectivity index (χ2v) is 5.00. The summed E-state index contributed by atoms with van der Waals surface area (Å²) >= 11 is 5.74. The number of hydrogen-bond acceptors (Lipinski definition) is 3. The minimum absolute atomic E-state index is 0.0208. The Morgan fingerprint density at radius 1 is 1.50 bits per heavy atom. The molecule has 0 aliphatic carbocycles. The number of halogens is 1. The standard InChI is InChI=1S/C13H15ClN2O2/c1-9(17)7-11-3-2-6-16(11)13(18)12-5-4-10(14)8-15-12/h4-5,8,11H,2-3,6-7H2,1H3. The fraction of sp³-hybridized carbons (Fsp3) is 0.462. The van der Waals surface area contributed by atoms with E-state index in [1.165, 1.54) is 6.20 Å². The van der Waals surface area contributed by atoms with Gasteiger partial charge in [0, 0.05) is 25.2 Å². The van der Waals surface area contributed by atoms with E-state index < -0.39 is 0 Å². The number of nitrogens with zero attached hydrogens (tertiary/aromatic N) is 2. The molecule has 1 unspecified atom stereocenters. The number of likely N-dealkylation sites (tertiary alicyclic amines) is 1. The van der Waals surface area contributed by atoms with Gasteiger partial charge >= 0.3 is 0 Å². The van der Waals surface area contributed by atoms with Gasteiger partial charge < -0.3 is 4.90 Å². The van der Waals surface area contributed by atoms with Gasteiger partial charge in [-0.3, -0.25) is 9.59 Å². The molecule has 0 spiro atoms. The van der Waals surface area contributed by atoms with Crippen molar-refractivity contribution in [1.29, 1.82) is 0 Å². The third kappa shape index (κ3) is 2.88. The zero-order chi connectivity index (χ0) is 13.1. The molecule has 1 atom stereocenters. The van der Waals surface area contributed by atoms with E-state index in [0.29, 0.717) is 23.7 Å². The largest absolute Gasteiger partial charge is 0.334 e. The van der Waals surface area contributed by atoms with Gasteiger partial charge in [0.25, 0.3) is 5.91 Å². The molecule has 1 amide bonds. The molecule has 0 aromatic carbocycles. The van der Waals surface area contributed by atoms with E-state index in [9.17, 15) is 9.59 Å². The Labute approximate surface area is 111 Å². The molecule has 96 valence electrons. The summed E-state index contributed by atoms with van der Waals surface area (Å²) in [4.78, 5) is 29.2. The number of Topliss-reactive ketones (excluding diaryl/α,β-unsaturated/α-hetero) is 1. The van der Waals surface area contributed by atoms with Crippen molar-refractivity contribution < 1.29 is 9.59 Å². The van der Waals surface area contributed by atoms with Crippen LogP contribution >= 0.6 is 11.6 Å². The van der Waals surface area contributed by atoms with Crippen LogP contribution in [0.2, 0.25) is 5.02 Å². The van der Waals surface area contributed by atoms with Crippen molar-refractivity contribution in [1.82, 2.24) is 9.88 Å². The zero-order valence-electron chi connectivity index (χ0n) is 10.2. The normalized spacial score (nSPS) is 19.0. The first-order valence-corrected chi connectivity index (χ1v) is 6.37. The van der Waals surface area contributed by atoms with Crippen LogP contribution in [0.25, 0.3) is 0 Å². The van der Waals surface area contributed by atoms with Crippen molar-refractivity contribution in [2.75, 3.05) is 6.54 Å². The maximum atomic E-state index is 12.3. The third-order valence-corrected chi connectivity index (χ3v) is 3.33. The second-order valence-electron chi connectivity index (χ2n) is 4.56. The highest BCUT2D eigenvalue weighted by atomic mass is 35.5. The molecular formula is C13H15ClN2O2. The lowest BCUT2D eigenvalue weighted by Crippen LogP contribution is -2.37. The number of pyridine rings is 1. The van der Waals surface area contributed by atoms with Crippen molar-refractivity contribution in [2.24, 2.45) is 0 Å². The fourth-order valence-corrected chi connectivity index (χ4v) is 2.41. The SMILES string of the molecule is CC(=O)CC1CCCN1C(=O)c1ccc(Cl)cn1. The molecule has 18 heavy (non-hydrogen) atoms. The molecule has 1 aliphatic heterocycles. The van der Waals surface area contributed by atoms with Gasteiger partial charge in [0.05, 0.1) is 5.02 Å². The Hall–Kier alpha value is -1.42. The molecule has 2 heterocycles. The van der Waals surface area contributed by atoms with Gasteiger partial charge in [-0.1, -0.05) is 11.6 Å². The van der Waals surface area contributed by atoms with Crippen LogP contribution < -0.4 is 0 Å². The van der Waals surface area contributed by atoms with Crippen LogP contribution in [0.5, 0.6) is 0 Å². The van der Waals surface area contributed by atoms with Crippen LogP contribution in [-0.4, -0.2) is 34.2 Å². The Morgan fingerprint density at radius 3 is 2.89 bits per heavy atom. The molecule has 0 bridgehead atoms. The molecule has 0 saturated carbocycles. The first-order chi connectivity index (χ1) is 8.58.